The van der Waals surface area contributed by atoms with Crippen molar-refractivity contribution in [2.45, 2.75) is 30.4 Å². The van der Waals surface area contributed by atoms with E-state index >= 15 is 0 Å². The van der Waals surface area contributed by atoms with Crippen molar-refractivity contribution in [1.29, 1.82) is 0 Å². The first-order valence-electron chi connectivity index (χ1n) is 9.84. The molecule has 160 valence electrons. The summed E-state index contributed by atoms with van der Waals surface area (Å²) in [5.74, 6) is -0.327. The second-order valence-corrected chi connectivity index (χ2v) is 10.5. The van der Waals surface area contributed by atoms with Crippen molar-refractivity contribution >= 4 is 33.3 Å². The van der Waals surface area contributed by atoms with Gasteiger partial charge in [0.1, 0.15) is 0 Å². The number of nitrogens with zero attached hydrogens (tertiary/aromatic N) is 2. The molecule has 1 fully saturated rings. The summed E-state index contributed by atoms with van der Waals surface area (Å²) in [6.45, 7) is 4.75. The van der Waals surface area contributed by atoms with Crippen molar-refractivity contribution in [2.75, 3.05) is 26.2 Å². The Bertz CT molecular complexity index is 1030. The molecule has 0 radical (unpaired) electrons. The topological polar surface area (TPSA) is 74.8 Å². The number of halogens is 1. The highest BCUT2D eigenvalue weighted by molar-refractivity contribution is 7.92. The number of hydrogen-bond donors (Lipinski definition) is 0. The van der Waals surface area contributed by atoms with E-state index in [1.807, 2.05) is 12.1 Å². The SMILES string of the molecule is CC(C)S(=O)(=O)c1ccccc1C(=O)N1CCN(C(=O)Cc2ccc(Cl)cc2)CC1. The summed E-state index contributed by atoms with van der Waals surface area (Å²) in [7, 11) is -3.57. The molecule has 8 heteroatoms. The fraction of sp³-hybridized carbons (Fsp3) is 0.364. The summed E-state index contributed by atoms with van der Waals surface area (Å²) in [6.07, 6.45) is 0.278. The van der Waals surface area contributed by atoms with Crippen LogP contribution in [0.4, 0.5) is 0 Å². The van der Waals surface area contributed by atoms with Crippen LogP contribution in [0.3, 0.4) is 0 Å². The van der Waals surface area contributed by atoms with Gasteiger partial charge in [0.05, 0.1) is 22.1 Å². The second kappa shape index (κ2) is 9.18. The maximum absolute atomic E-state index is 13.0. The van der Waals surface area contributed by atoms with E-state index in [-0.39, 0.29) is 28.7 Å². The largest absolute Gasteiger partial charge is 0.339 e. The first-order valence-corrected chi connectivity index (χ1v) is 11.8. The molecule has 30 heavy (non-hydrogen) atoms. The molecular formula is C22H25ClN2O4S. The minimum absolute atomic E-state index is 0.00722. The van der Waals surface area contributed by atoms with Gasteiger partial charge in [-0.25, -0.2) is 8.42 Å². The Labute approximate surface area is 182 Å². The zero-order chi connectivity index (χ0) is 21.9. The minimum Gasteiger partial charge on any atom is -0.339 e. The van der Waals surface area contributed by atoms with Gasteiger partial charge < -0.3 is 9.80 Å². The van der Waals surface area contributed by atoms with Gasteiger partial charge in [-0.1, -0.05) is 35.9 Å². The molecule has 0 bridgehead atoms. The Morgan fingerprint density at radius 2 is 1.50 bits per heavy atom. The lowest BCUT2D eigenvalue weighted by Crippen LogP contribution is -2.51. The number of benzene rings is 2. The van der Waals surface area contributed by atoms with E-state index in [4.69, 9.17) is 11.6 Å². The third-order valence-electron chi connectivity index (χ3n) is 5.23. The normalized spacial score (nSPS) is 14.8. The van der Waals surface area contributed by atoms with Crippen LogP contribution in [0.2, 0.25) is 5.02 Å². The van der Waals surface area contributed by atoms with Crippen LogP contribution in [0.15, 0.2) is 53.4 Å². The fourth-order valence-electron chi connectivity index (χ4n) is 3.36. The summed E-state index contributed by atoms with van der Waals surface area (Å²) in [6, 6.07) is 13.5. The smallest absolute Gasteiger partial charge is 0.255 e. The molecule has 0 atom stereocenters. The summed E-state index contributed by atoms with van der Waals surface area (Å²) >= 11 is 5.88. The first-order chi connectivity index (χ1) is 14.2. The fourth-order valence-corrected chi connectivity index (χ4v) is 4.73. The van der Waals surface area contributed by atoms with Crippen molar-refractivity contribution < 1.29 is 18.0 Å². The molecule has 2 aromatic rings. The third-order valence-corrected chi connectivity index (χ3v) is 7.70. The third kappa shape index (κ3) is 4.84. The molecule has 0 N–H and O–H groups in total. The molecular weight excluding hydrogens is 424 g/mol. The number of sulfone groups is 1. The van der Waals surface area contributed by atoms with Gasteiger partial charge in [-0.2, -0.15) is 0 Å². The molecule has 3 rings (SSSR count). The van der Waals surface area contributed by atoms with Crippen LogP contribution in [0, 0.1) is 0 Å². The number of hydrogen-bond acceptors (Lipinski definition) is 4. The van der Waals surface area contributed by atoms with Gasteiger partial charge in [0.15, 0.2) is 9.84 Å². The Hall–Kier alpha value is -2.38. The van der Waals surface area contributed by atoms with E-state index in [2.05, 4.69) is 0 Å². The average molecular weight is 449 g/mol. The van der Waals surface area contributed by atoms with Crippen LogP contribution < -0.4 is 0 Å². The first kappa shape index (κ1) is 22.3. The molecule has 1 saturated heterocycles. The maximum Gasteiger partial charge on any atom is 0.255 e. The number of carbonyl (C=O) groups excluding carboxylic acids is 2. The molecule has 6 nitrogen and oxygen atoms in total. The van der Waals surface area contributed by atoms with Crippen molar-refractivity contribution in [1.82, 2.24) is 9.80 Å². The van der Waals surface area contributed by atoms with Gasteiger partial charge >= 0.3 is 0 Å². The van der Waals surface area contributed by atoms with E-state index in [1.54, 1.807) is 54.0 Å². The zero-order valence-electron chi connectivity index (χ0n) is 17.0. The molecule has 0 saturated carbocycles. The molecule has 0 unspecified atom stereocenters. The van der Waals surface area contributed by atoms with Crippen molar-refractivity contribution in [3.8, 4) is 0 Å². The monoisotopic (exact) mass is 448 g/mol. The quantitative estimate of drug-likeness (QED) is 0.704. The molecule has 1 aliphatic heterocycles. The van der Waals surface area contributed by atoms with Gasteiger partial charge in [0, 0.05) is 31.2 Å². The van der Waals surface area contributed by atoms with Crippen LogP contribution >= 0.6 is 11.6 Å². The molecule has 0 aliphatic carbocycles. The van der Waals surface area contributed by atoms with Gasteiger partial charge in [-0.15, -0.1) is 0 Å². The van der Waals surface area contributed by atoms with Gasteiger partial charge in [-0.05, 0) is 43.7 Å². The molecule has 1 aliphatic rings. The van der Waals surface area contributed by atoms with Crippen LogP contribution in [0.25, 0.3) is 0 Å². The highest BCUT2D eigenvalue weighted by Crippen LogP contribution is 2.22. The van der Waals surface area contributed by atoms with Crippen LogP contribution in [-0.2, 0) is 21.1 Å². The van der Waals surface area contributed by atoms with E-state index in [0.29, 0.717) is 31.2 Å². The average Bonchev–Trinajstić information content (AvgIpc) is 2.74. The molecule has 0 aromatic heterocycles. The van der Waals surface area contributed by atoms with Crippen LogP contribution in [0.1, 0.15) is 29.8 Å². The summed E-state index contributed by atoms with van der Waals surface area (Å²) < 4.78 is 25.3. The van der Waals surface area contributed by atoms with E-state index in [9.17, 15) is 18.0 Å². The lowest BCUT2D eigenvalue weighted by atomic mass is 10.1. The second-order valence-electron chi connectivity index (χ2n) is 7.57. The van der Waals surface area contributed by atoms with E-state index < -0.39 is 15.1 Å². The van der Waals surface area contributed by atoms with Crippen molar-refractivity contribution in [3.05, 3.63) is 64.7 Å². The standard InChI is InChI=1S/C22H25ClN2O4S/c1-16(2)30(28,29)20-6-4-3-5-19(20)22(27)25-13-11-24(12-14-25)21(26)15-17-7-9-18(23)10-8-17/h3-10,16H,11-15H2,1-2H3. The summed E-state index contributed by atoms with van der Waals surface area (Å²) in [5.41, 5.74) is 1.07. The van der Waals surface area contributed by atoms with Crippen LogP contribution in [-0.4, -0.2) is 61.5 Å². The summed E-state index contributed by atoms with van der Waals surface area (Å²) in [5, 5.41) is 0.00637. The van der Waals surface area contributed by atoms with Gasteiger partial charge in [-0.3, -0.25) is 9.59 Å². The lowest BCUT2D eigenvalue weighted by molar-refractivity contribution is -0.131. The predicted octanol–water partition coefficient (Wildman–Crippen LogP) is 3.05. The lowest BCUT2D eigenvalue weighted by Gasteiger charge is -2.35. The molecule has 1 heterocycles. The van der Waals surface area contributed by atoms with E-state index in [1.165, 1.54) is 6.07 Å². The zero-order valence-corrected chi connectivity index (χ0v) is 18.6. The van der Waals surface area contributed by atoms with Crippen molar-refractivity contribution in [2.24, 2.45) is 0 Å². The predicted molar refractivity (Wildman–Crippen MR) is 116 cm³/mol. The van der Waals surface area contributed by atoms with Gasteiger partial charge in [0.2, 0.25) is 5.91 Å². The minimum atomic E-state index is -3.57. The van der Waals surface area contributed by atoms with E-state index in [0.717, 1.165) is 5.56 Å². The molecule has 2 amide bonds. The molecule has 0 spiro atoms. The van der Waals surface area contributed by atoms with Crippen molar-refractivity contribution in [3.63, 3.8) is 0 Å². The Morgan fingerprint density at radius 3 is 2.10 bits per heavy atom. The Morgan fingerprint density at radius 1 is 0.933 bits per heavy atom. The number of carbonyl (C=O) groups is 2. The van der Waals surface area contributed by atoms with Gasteiger partial charge in [0.25, 0.3) is 5.91 Å². The number of amides is 2. The number of piperazine rings is 1. The maximum atomic E-state index is 13.0. The highest BCUT2D eigenvalue weighted by Gasteiger charge is 2.30. The Kier molecular flexibility index (Phi) is 6.83. The molecule has 2 aromatic carbocycles. The van der Waals surface area contributed by atoms with Crippen LogP contribution in [0.5, 0.6) is 0 Å². The number of rotatable bonds is 5. The Balaban J connectivity index is 1.66. The highest BCUT2D eigenvalue weighted by atomic mass is 35.5. The summed E-state index contributed by atoms with van der Waals surface area (Å²) in [4.78, 5) is 29.0.